The van der Waals surface area contributed by atoms with Crippen LogP contribution in [0.5, 0.6) is 0 Å². The summed E-state index contributed by atoms with van der Waals surface area (Å²) in [5.74, 6) is 1.91. The zero-order valence-corrected chi connectivity index (χ0v) is 12.4. The van der Waals surface area contributed by atoms with Crippen LogP contribution in [-0.2, 0) is 0 Å². The third-order valence-electron chi connectivity index (χ3n) is 4.48. The van der Waals surface area contributed by atoms with E-state index in [2.05, 4.69) is 16.9 Å². The number of rotatable bonds is 2. The molecule has 110 valence electrons. The molecule has 1 aromatic heterocycles. The van der Waals surface area contributed by atoms with Crippen molar-refractivity contribution in [2.75, 3.05) is 33.2 Å². The second kappa shape index (κ2) is 5.56. The van der Waals surface area contributed by atoms with Crippen molar-refractivity contribution in [3.63, 3.8) is 0 Å². The van der Waals surface area contributed by atoms with E-state index in [4.69, 9.17) is 4.42 Å². The van der Waals surface area contributed by atoms with E-state index < -0.39 is 0 Å². The van der Waals surface area contributed by atoms with Crippen molar-refractivity contribution >= 4 is 5.91 Å². The van der Waals surface area contributed by atoms with Crippen molar-refractivity contribution in [1.82, 2.24) is 14.8 Å². The van der Waals surface area contributed by atoms with Crippen LogP contribution < -0.4 is 0 Å². The number of carbonyl (C=O) groups is 1. The number of aromatic nitrogens is 1. The smallest absolute Gasteiger partial charge is 0.276 e. The van der Waals surface area contributed by atoms with Gasteiger partial charge in [-0.25, -0.2) is 4.98 Å². The minimum absolute atomic E-state index is 0.0344. The zero-order chi connectivity index (χ0) is 14.1. The Labute approximate surface area is 119 Å². The molecule has 0 aromatic carbocycles. The van der Waals surface area contributed by atoms with Crippen molar-refractivity contribution in [3.05, 3.63) is 17.3 Å². The zero-order valence-electron chi connectivity index (χ0n) is 12.4. The molecule has 0 N–H and O–H groups in total. The lowest BCUT2D eigenvalue weighted by molar-refractivity contribution is 0.0756. The summed E-state index contributed by atoms with van der Waals surface area (Å²) in [4.78, 5) is 21.3. The average Bonchev–Trinajstić information content (AvgIpc) is 2.58. The highest BCUT2D eigenvalue weighted by Crippen LogP contribution is 2.36. The Morgan fingerprint density at radius 2 is 2.00 bits per heavy atom. The topological polar surface area (TPSA) is 49.6 Å². The van der Waals surface area contributed by atoms with Crippen molar-refractivity contribution < 1.29 is 9.21 Å². The molecular weight excluding hydrogens is 254 g/mol. The van der Waals surface area contributed by atoms with Gasteiger partial charge in [-0.05, 0) is 39.8 Å². The van der Waals surface area contributed by atoms with Crippen LogP contribution in [0.3, 0.4) is 0 Å². The van der Waals surface area contributed by atoms with Crippen LogP contribution in [0.15, 0.2) is 4.42 Å². The Balaban J connectivity index is 1.74. The molecule has 1 aliphatic heterocycles. The van der Waals surface area contributed by atoms with Crippen LogP contribution in [0.25, 0.3) is 0 Å². The molecule has 0 bridgehead atoms. The summed E-state index contributed by atoms with van der Waals surface area (Å²) in [7, 11) is 2.10. The first-order valence-electron chi connectivity index (χ1n) is 7.60. The van der Waals surface area contributed by atoms with Gasteiger partial charge in [-0.2, -0.15) is 0 Å². The average molecular weight is 277 g/mol. The molecule has 0 radical (unpaired) electrons. The summed E-state index contributed by atoms with van der Waals surface area (Å²) in [5, 5.41) is 0. The number of likely N-dealkylation sites (N-methyl/N-ethyl adjacent to an activating group) is 1. The maximum atomic E-state index is 12.6. The Kier molecular flexibility index (Phi) is 3.78. The molecular formula is C15H23N3O2. The van der Waals surface area contributed by atoms with Crippen LogP contribution in [-0.4, -0.2) is 53.9 Å². The molecule has 1 saturated heterocycles. The molecule has 1 aliphatic carbocycles. The van der Waals surface area contributed by atoms with Crippen molar-refractivity contribution in [1.29, 1.82) is 0 Å². The quantitative estimate of drug-likeness (QED) is 0.830. The van der Waals surface area contributed by atoms with Gasteiger partial charge in [-0.1, -0.05) is 6.42 Å². The van der Waals surface area contributed by atoms with E-state index in [1.54, 1.807) is 0 Å². The summed E-state index contributed by atoms with van der Waals surface area (Å²) in [6, 6.07) is 0. The number of oxazole rings is 1. The van der Waals surface area contributed by atoms with Crippen LogP contribution in [0, 0.1) is 6.92 Å². The normalized spacial score (nSPS) is 21.6. The Morgan fingerprint density at radius 1 is 1.20 bits per heavy atom. The molecule has 5 nitrogen and oxygen atoms in total. The molecule has 2 heterocycles. The first-order chi connectivity index (χ1) is 9.65. The molecule has 3 rings (SSSR count). The maximum absolute atomic E-state index is 12.6. The molecule has 5 heteroatoms. The monoisotopic (exact) mass is 277 g/mol. The number of aryl methyl sites for hydroxylation is 1. The molecule has 0 unspecified atom stereocenters. The Morgan fingerprint density at radius 3 is 2.70 bits per heavy atom. The highest BCUT2D eigenvalue weighted by molar-refractivity contribution is 5.93. The summed E-state index contributed by atoms with van der Waals surface area (Å²) in [6.07, 6.45) is 4.55. The van der Waals surface area contributed by atoms with Gasteiger partial charge >= 0.3 is 0 Å². The number of amides is 1. The van der Waals surface area contributed by atoms with Gasteiger partial charge in [0.1, 0.15) is 5.76 Å². The highest BCUT2D eigenvalue weighted by atomic mass is 16.4. The predicted octanol–water partition coefficient (Wildman–Crippen LogP) is 2.03. The van der Waals surface area contributed by atoms with E-state index in [0.29, 0.717) is 17.4 Å². The van der Waals surface area contributed by atoms with Crippen LogP contribution in [0.1, 0.15) is 53.7 Å². The number of nitrogens with zero attached hydrogens (tertiary/aromatic N) is 3. The van der Waals surface area contributed by atoms with Crippen molar-refractivity contribution in [2.45, 2.75) is 38.5 Å². The summed E-state index contributed by atoms with van der Waals surface area (Å²) in [5.41, 5.74) is 0.524. The standard InChI is InChI=1S/C15H23N3O2/c1-11-13(16-14(20-11)12-5-3-6-12)15(19)18-8-4-7-17(2)9-10-18/h12H,3-10H2,1-2H3. The predicted molar refractivity (Wildman–Crippen MR) is 75.8 cm³/mol. The minimum atomic E-state index is 0.0344. The number of carbonyl (C=O) groups excluding carboxylic acids is 1. The second-order valence-electron chi connectivity index (χ2n) is 6.03. The van der Waals surface area contributed by atoms with Gasteiger partial charge in [0.15, 0.2) is 11.6 Å². The lowest BCUT2D eigenvalue weighted by Gasteiger charge is -2.21. The highest BCUT2D eigenvalue weighted by Gasteiger charge is 2.29. The molecule has 0 atom stereocenters. The fourth-order valence-electron chi connectivity index (χ4n) is 2.84. The lowest BCUT2D eigenvalue weighted by Crippen LogP contribution is -2.35. The van der Waals surface area contributed by atoms with E-state index in [1.807, 2.05) is 11.8 Å². The lowest BCUT2D eigenvalue weighted by atomic mass is 9.85. The number of hydrogen-bond acceptors (Lipinski definition) is 4. The first-order valence-corrected chi connectivity index (χ1v) is 7.60. The van der Waals surface area contributed by atoms with Gasteiger partial charge < -0.3 is 14.2 Å². The van der Waals surface area contributed by atoms with E-state index >= 15 is 0 Å². The maximum Gasteiger partial charge on any atom is 0.276 e. The van der Waals surface area contributed by atoms with Crippen LogP contribution in [0.4, 0.5) is 0 Å². The molecule has 1 aromatic rings. The van der Waals surface area contributed by atoms with Crippen LogP contribution >= 0.6 is 0 Å². The molecule has 1 saturated carbocycles. The van der Waals surface area contributed by atoms with Gasteiger partial charge in [0, 0.05) is 25.6 Å². The Bertz CT molecular complexity index is 493. The largest absolute Gasteiger partial charge is 0.445 e. The van der Waals surface area contributed by atoms with Gasteiger partial charge in [0.05, 0.1) is 0 Å². The molecule has 1 amide bonds. The second-order valence-corrected chi connectivity index (χ2v) is 6.03. The van der Waals surface area contributed by atoms with Crippen molar-refractivity contribution in [3.8, 4) is 0 Å². The Hall–Kier alpha value is -1.36. The molecule has 2 aliphatic rings. The van der Waals surface area contributed by atoms with Crippen LogP contribution in [0.2, 0.25) is 0 Å². The van der Waals surface area contributed by atoms with E-state index in [-0.39, 0.29) is 5.91 Å². The third kappa shape index (κ3) is 2.59. The number of hydrogen-bond donors (Lipinski definition) is 0. The SMILES string of the molecule is Cc1oc(C2CCC2)nc1C(=O)N1CCCN(C)CC1. The van der Waals surface area contributed by atoms with E-state index in [1.165, 1.54) is 6.42 Å². The summed E-state index contributed by atoms with van der Waals surface area (Å²) >= 11 is 0. The minimum Gasteiger partial charge on any atom is -0.445 e. The summed E-state index contributed by atoms with van der Waals surface area (Å²) < 4.78 is 5.71. The first kappa shape index (κ1) is 13.6. The fraction of sp³-hybridized carbons (Fsp3) is 0.733. The summed E-state index contributed by atoms with van der Waals surface area (Å²) in [6.45, 7) is 5.42. The molecule has 2 fully saturated rings. The third-order valence-corrected chi connectivity index (χ3v) is 4.48. The fourth-order valence-corrected chi connectivity index (χ4v) is 2.84. The molecule has 0 spiro atoms. The van der Waals surface area contributed by atoms with Gasteiger partial charge in [-0.15, -0.1) is 0 Å². The van der Waals surface area contributed by atoms with E-state index in [0.717, 1.165) is 51.3 Å². The molecule has 20 heavy (non-hydrogen) atoms. The van der Waals surface area contributed by atoms with Gasteiger partial charge in [0.25, 0.3) is 5.91 Å². The van der Waals surface area contributed by atoms with E-state index in [9.17, 15) is 4.79 Å². The van der Waals surface area contributed by atoms with Gasteiger partial charge in [-0.3, -0.25) is 4.79 Å². The van der Waals surface area contributed by atoms with Gasteiger partial charge in [0.2, 0.25) is 0 Å². The van der Waals surface area contributed by atoms with Crippen molar-refractivity contribution in [2.24, 2.45) is 0 Å².